The monoisotopic (exact) mass is 289 g/mol. The van der Waals surface area contributed by atoms with Crippen LogP contribution in [0.25, 0.3) is 0 Å². The second kappa shape index (κ2) is 6.16. The summed E-state index contributed by atoms with van der Waals surface area (Å²) < 4.78 is 5.33. The van der Waals surface area contributed by atoms with E-state index in [1.807, 2.05) is 35.2 Å². The number of amides is 1. The molecule has 0 aromatic heterocycles. The summed E-state index contributed by atoms with van der Waals surface area (Å²) in [5.41, 5.74) is 0.0369. The molecule has 21 heavy (non-hydrogen) atoms. The van der Waals surface area contributed by atoms with Crippen molar-refractivity contribution in [1.82, 2.24) is 4.90 Å². The summed E-state index contributed by atoms with van der Waals surface area (Å²) in [6.45, 7) is 2.42. The molecular weight excluding hydrogens is 266 g/mol. The Morgan fingerprint density at radius 1 is 1.14 bits per heavy atom. The van der Waals surface area contributed by atoms with Crippen LogP contribution < -0.4 is 0 Å². The van der Waals surface area contributed by atoms with Gasteiger partial charge in [0.15, 0.2) is 0 Å². The molecule has 1 amide bonds. The largest absolute Gasteiger partial charge is 0.389 e. The summed E-state index contributed by atoms with van der Waals surface area (Å²) >= 11 is 0. The smallest absolute Gasteiger partial charge is 0.233 e. The number of ether oxygens (including phenoxy) is 1. The van der Waals surface area contributed by atoms with Gasteiger partial charge >= 0.3 is 0 Å². The van der Waals surface area contributed by atoms with Crippen LogP contribution in [0.15, 0.2) is 30.3 Å². The number of aliphatic hydroxyl groups is 1. The second-order valence-corrected chi connectivity index (χ2v) is 6.09. The van der Waals surface area contributed by atoms with Gasteiger partial charge in [-0.05, 0) is 18.4 Å². The Morgan fingerprint density at radius 2 is 1.76 bits per heavy atom. The van der Waals surface area contributed by atoms with Crippen molar-refractivity contribution < 1.29 is 14.6 Å². The van der Waals surface area contributed by atoms with Gasteiger partial charge in [0.2, 0.25) is 5.91 Å². The Balaban J connectivity index is 1.90. The van der Waals surface area contributed by atoms with Crippen molar-refractivity contribution in [2.75, 3.05) is 26.3 Å². The fourth-order valence-electron chi connectivity index (χ4n) is 3.57. The SMILES string of the molecule is O=C([C@@H](c1ccccc1)C1(O)CCCC1)N1CCOCC1. The van der Waals surface area contributed by atoms with Crippen molar-refractivity contribution in [1.29, 1.82) is 0 Å². The molecule has 1 atom stereocenters. The Kier molecular flexibility index (Phi) is 4.27. The normalized spacial score (nSPS) is 23.0. The highest BCUT2D eigenvalue weighted by atomic mass is 16.5. The highest BCUT2D eigenvalue weighted by molar-refractivity contribution is 5.85. The molecule has 1 aromatic rings. The maximum atomic E-state index is 13.0. The number of benzene rings is 1. The molecule has 2 fully saturated rings. The van der Waals surface area contributed by atoms with Crippen LogP contribution >= 0.6 is 0 Å². The number of carbonyl (C=O) groups is 1. The number of hydrogen-bond donors (Lipinski definition) is 1. The second-order valence-electron chi connectivity index (χ2n) is 6.09. The third kappa shape index (κ3) is 2.97. The molecule has 1 saturated carbocycles. The molecule has 1 N–H and O–H groups in total. The standard InChI is InChI=1S/C17H23NO3/c19-16(18-10-12-21-13-11-18)15(14-6-2-1-3-7-14)17(20)8-4-5-9-17/h1-3,6-7,15,20H,4-5,8-13H2/t15-/m1/s1. The van der Waals surface area contributed by atoms with E-state index in [0.717, 1.165) is 18.4 Å². The van der Waals surface area contributed by atoms with Crippen LogP contribution in [-0.4, -0.2) is 47.8 Å². The lowest BCUT2D eigenvalue weighted by atomic mass is 9.79. The summed E-state index contributed by atoms with van der Waals surface area (Å²) in [5, 5.41) is 11.0. The quantitative estimate of drug-likeness (QED) is 0.925. The lowest BCUT2D eigenvalue weighted by Crippen LogP contribution is -2.49. The molecule has 1 saturated heterocycles. The summed E-state index contributed by atoms with van der Waals surface area (Å²) in [7, 11) is 0. The fraction of sp³-hybridized carbons (Fsp3) is 0.588. The minimum Gasteiger partial charge on any atom is -0.389 e. The van der Waals surface area contributed by atoms with Gasteiger partial charge in [-0.1, -0.05) is 43.2 Å². The van der Waals surface area contributed by atoms with Crippen LogP contribution in [0, 0.1) is 0 Å². The summed E-state index contributed by atoms with van der Waals surface area (Å²) in [6, 6.07) is 9.73. The van der Waals surface area contributed by atoms with E-state index < -0.39 is 11.5 Å². The molecule has 1 aliphatic carbocycles. The Morgan fingerprint density at radius 3 is 2.38 bits per heavy atom. The molecule has 4 nitrogen and oxygen atoms in total. The first-order chi connectivity index (χ1) is 10.2. The minimum absolute atomic E-state index is 0.0499. The zero-order valence-corrected chi connectivity index (χ0v) is 12.3. The molecule has 1 aliphatic heterocycles. The van der Waals surface area contributed by atoms with Crippen LogP contribution in [0.4, 0.5) is 0 Å². The number of morpholine rings is 1. The van der Waals surface area contributed by atoms with E-state index in [1.165, 1.54) is 0 Å². The molecule has 114 valence electrons. The predicted molar refractivity (Wildman–Crippen MR) is 80.0 cm³/mol. The third-order valence-corrected chi connectivity index (χ3v) is 4.71. The van der Waals surface area contributed by atoms with Gasteiger partial charge in [-0.25, -0.2) is 0 Å². The van der Waals surface area contributed by atoms with Gasteiger partial charge in [0.05, 0.1) is 24.7 Å². The molecule has 0 bridgehead atoms. The maximum absolute atomic E-state index is 13.0. The topological polar surface area (TPSA) is 49.8 Å². The van der Waals surface area contributed by atoms with E-state index in [1.54, 1.807) is 0 Å². The first kappa shape index (κ1) is 14.5. The van der Waals surface area contributed by atoms with Crippen molar-refractivity contribution in [2.45, 2.75) is 37.2 Å². The Labute approximate surface area is 125 Å². The third-order valence-electron chi connectivity index (χ3n) is 4.71. The summed E-state index contributed by atoms with van der Waals surface area (Å²) in [6.07, 6.45) is 3.41. The molecule has 1 heterocycles. The number of hydrogen-bond acceptors (Lipinski definition) is 3. The van der Waals surface area contributed by atoms with Gasteiger partial charge < -0.3 is 14.7 Å². The van der Waals surface area contributed by atoms with Crippen molar-refractivity contribution >= 4 is 5.91 Å². The highest BCUT2D eigenvalue weighted by Gasteiger charge is 2.45. The maximum Gasteiger partial charge on any atom is 0.233 e. The van der Waals surface area contributed by atoms with E-state index in [4.69, 9.17) is 4.74 Å². The van der Waals surface area contributed by atoms with Crippen molar-refractivity contribution in [2.24, 2.45) is 0 Å². The van der Waals surface area contributed by atoms with Crippen molar-refractivity contribution in [3.63, 3.8) is 0 Å². The van der Waals surface area contributed by atoms with Gasteiger partial charge in [0, 0.05) is 13.1 Å². The van der Waals surface area contributed by atoms with Gasteiger partial charge in [0.1, 0.15) is 0 Å². The lowest BCUT2D eigenvalue weighted by Gasteiger charge is -2.37. The molecule has 0 spiro atoms. The van der Waals surface area contributed by atoms with Crippen LogP contribution in [0.5, 0.6) is 0 Å². The van der Waals surface area contributed by atoms with Crippen molar-refractivity contribution in [3.05, 3.63) is 35.9 Å². The summed E-state index contributed by atoms with van der Waals surface area (Å²) in [4.78, 5) is 14.8. The average molecular weight is 289 g/mol. The molecule has 4 heteroatoms. The van der Waals surface area contributed by atoms with E-state index in [-0.39, 0.29) is 5.91 Å². The Hall–Kier alpha value is -1.39. The number of nitrogens with zero attached hydrogens (tertiary/aromatic N) is 1. The molecule has 1 aromatic carbocycles. The van der Waals surface area contributed by atoms with E-state index in [0.29, 0.717) is 39.1 Å². The van der Waals surface area contributed by atoms with Crippen LogP contribution in [0.3, 0.4) is 0 Å². The predicted octanol–water partition coefficient (Wildman–Crippen LogP) is 1.93. The first-order valence-electron chi connectivity index (χ1n) is 7.84. The van der Waals surface area contributed by atoms with Crippen molar-refractivity contribution in [3.8, 4) is 0 Å². The minimum atomic E-state index is -0.892. The zero-order valence-electron chi connectivity index (χ0n) is 12.3. The molecular formula is C17H23NO3. The number of carbonyl (C=O) groups excluding carboxylic acids is 1. The molecule has 0 radical (unpaired) electrons. The molecule has 0 unspecified atom stereocenters. The van der Waals surface area contributed by atoms with Crippen LogP contribution in [0.1, 0.15) is 37.2 Å². The lowest BCUT2D eigenvalue weighted by molar-refractivity contribution is -0.143. The number of rotatable bonds is 3. The van der Waals surface area contributed by atoms with E-state index >= 15 is 0 Å². The zero-order chi connectivity index (χ0) is 14.7. The Bertz CT molecular complexity index is 476. The summed E-state index contributed by atoms with van der Waals surface area (Å²) in [5.74, 6) is -0.395. The first-order valence-corrected chi connectivity index (χ1v) is 7.84. The fourth-order valence-corrected chi connectivity index (χ4v) is 3.57. The highest BCUT2D eigenvalue weighted by Crippen LogP contribution is 2.42. The average Bonchev–Trinajstić information content (AvgIpc) is 2.96. The molecule has 3 rings (SSSR count). The van der Waals surface area contributed by atoms with Gasteiger partial charge in [0.25, 0.3) is 0 Å². The van der Waals surface area contributed by atoms with E-state index in [9.17, 15) is 9.90 Å². The van der Waals surface area contributed by atoms with E-state index in [2.05, 4.69) is 0 Å². The van der Waals surface area contributed by atoms with Gasteiger partial charge in [-0.3, -0.25) is 4.79 Å². The van der Waals surface area contributed by atoms with Gasteiger partial charge in [-0.2, -0.15) is 0 Å². The van der Waals surface area contributed by atoms with Crippen LogP contribution in [0.2, 0.25) is 0 Å². The van der Waals surface area contributed by atoms with Crippen LogP contribution in [-0.2, 0) is 9.53 Å². The molecule has 2 aliphatic rings. The van der Waals surface area contributed by atoms with Gasteiger partial charge in [-0.15, -0.1) is 0 Å².